The molecule has 0 aliphatic heterocycles. The molecule has 1 aliphatic carbocycles. The van der Waals surface area contributed by atoms with Crippen molar-refractivity contribution in [2.45, 2.75) is 36.7 Å². The Bertz CT molecular complexity index is 489. The van der Waals surface area contributed by atoms with Crippen LogP contribution in [0.5, 0.6) is 0 Å². The minimum Gasteiger partial charge on any atom is -0.392 e. The van der Waals surface area contributed by atoms with E-state index in [2.05, 4.69) is 0 Å². The molecule has 0 saturated heterocycles. The SMILES string of the molecule is O=S(=O)(CC(O)C1CCCC1)c1ccc(Cl)cc1. The van der Waals surface area contributed by atoms with Crippen LogP contribution in [0, 0.1) is 5.92 Å². The topological polar surface area (TPSA) is 54.4 Å². The molecule has 1 atom stereocenters. The van der Waals surface area contributed by atoms with Gasteiger partial charge in [-0.25, -0.2) is 8.42 Å². The van der Waals surface area contributed by atoms with Crippen molar-refractivity contribution in [2.75, 3.05) is 5.75 Å². The van der Waals surface area contributed by atoms with E-state index in [-0.39, 0.29) is 16.6 Å². The lowest BCUT2D eigenvalue weighted by Crippen LogP contribution is -2.27. The molecule has 1 N–H and O–H groups in total. The average Bonchev–Trinajstić information content (AvgIpc) is 2.82. The largest absolute Gasteiger partial charge is 0.392 e. The normalized spacial score (nSPS) is 19.0. The first kappa shape index (κ1) is 13.8. The molecule has 1 fully saturated rings. The van der Waals surface area contributed by atoms with Gasteiger partial charge in [-0.15, -0.1) is 0 Å². The van der Waals surface area contributed by atoms with Gasteiger partial charge in [-0.05, 0) is 43.0 Å². The number of aliphatic hydroxyl groups excluding tert-OH is 1. The Morgan fingerprint density at radius 3 is 2.33 bits per heavy atom. The molecule has 0 bridgehead atoms. The number of hydrogen-bond donors (Lipinski definition) is 1. The van der Waals surface area contributed by atoms with Crippen LogP contribution in [-0.4, -0.2) is 25.4 Å². The van der Waals surface area contributed by atoms with Crippen molar-refractivity contribution >= 4 is 21.4 Å². The minimum absolute atomic E-state index is 0.132. The zero-order chi connectivity index (χ0) is 13.2. The van der Waals surface area contributed by atoms with Crippen molar-refractivity contribution in [2.24, 2.45) is 5.92 Å². The second-order valence-electron chi connectivity index (χ2n) is 4.85. The van der Waals surface area contributed by atoms with Crippen molar-refractivity contribution in [3.63, 3.8) is 0 Å². The highest BCUT2D eigenvalue weighted by Gasteiger charge is 2.28. The number of hydrogen-bond acceptors (Lipinski definition) is 3. The standard InChI is InChI=1S/C13H17ClO3S/c14-11-5-7-12(8-6-11)18(16,17)9-13(15)10-3-1-2-4-10/h5-8,10,13,15H,1-4,9H2. The summed E-state index contributed by atoms with van der Waals surface area (Å²) in [7, 11) is -3.42. The lowest BCUT2D eigenvalue weighted by molar-refractivity contribution is 0.131. The fourth-order valence-electron chi connectivity index (χ4n) is 2.44. The molecule has 0 spiro atoms. The summed E-state index contributed by atoms with van der Waals surface area (Å²) in [6.07, 6.45) is 3.27. The van der Waals surface area contributed by atoms with Gasteiger partial charge in [-0.2, -0.15) is 0 Å². The molecule has 1 aliphatic rings. The summed E-state index contributed by atoms with van der Waals surface area (Å²) in [6.45, 7) is 0. The molecule has 2 rings (SSSR count). The van der Waals surface area contributed by atoms with Crippen LogP contribution in [0.25, 0.3) is 0 Å². The van der Waals surface area contributed by atoms with E-state index >= 15 is 0 Å². The number of benzene rings is 1. The first-order chi connectivity index (χ1) is 8.49. The van der Waals surface area contributed by atoms with Gasteiger partial charge in [0.05, 0.1) is 16.8 Å². The van der Waals surface area contributed by atoms with Crippen LogP contribution in [0.2, 0.25) is 5.02 Å². The Balaban J connectivity index is 2.09. The molecular formula is C13H17ClO3S. The second-order valence-corrected chi connectivity index (χ2v) is 7.32. The van der Waals surface area contributed by atoms with Gasteiger partial charge in [0.15, 0.2) is 9.84 Å². The lowest BCUT2D eigenvalue weighted by atomic mass is 10.0. The van der Waals surface area contributed by atoms with E-state index < -0.39 is 15.9 Å². The Hall–Kier alpha value is -0.580. The smallest absolute Gasteiger partial charge is 0.180 e. The molecule has 0 radical (unpaired) electrons. The van der Waals surface area contributed by atoms with Gasteiger partial charge in [-0.1, -0.05) is 24.4 Å². The molecule has 0 heterocycles. The molecule has 5 heteroatoms. The third kappa shape index (κ3) is 3.25. The quantitative estimate of drug-likeness (QED) is 0.927. The molecule has 0 aromatic heterocycles. The Labute approximate surface area is 113 Å². The van der Waals surface area contributed by atoms with E-state index in [1.165, 1.54) is 12.1 Å². The predicted molar refractivity (Wildman–Crippen MR) is 71.5 cm³/mol. The predicted octanol–water partition coefficient (Wildman–Crippen LogP) is 2.66. The highest BCUT2D eigenvalue weighted by atomic mass is 35.5. The maximum absolute atomic E-state index is 12.1. The second kappa shape index (κ2) is 5.59. The fourth-order valence-corrected chi connectivity index (χ4v) is 4.03. The summed E-state index contributed by atoms with van der Waals surface area (Å²) in [5.74, 6) is -0.0636. The van der Waals surface area contributed by atoms with E-state index in [0.717, 1.165) is 25.7 Å². The van der Waals surface area contributed by atoms with Gasteiger partial charge in [0, 0.05) is 5.02 Å². The molecule has 1 aromatic rings. The Morgan fingerprint density at radius 1 is 1.22 bits per heavy atom. The molecular weight excluding hydrogens is 272 g/mol. The zero-order valence-corrected chi connectivity index (χ0v) is 11.6. The molecule has 1 unspecified atom stereocenters. The third-order valence-corrected chi connectivity index (χ3v) is 5.53. The third-order valence-electron chi connectivity index (χ3n) is 3.51. The van der Waals surface area contributed by atoms with Gasteiger partial charge >= 0.3 is 0 Å². The van der Waals surface area contributed by atoms with E-state index in [0.29, 0.717) is 5.02 Å². The maximum atomic E-state index is 12.1. The molecule has 1 aromatic carbocycles. The van der Waals surface area contributed by atoms with Crippen LogP contribution in [0.3, 0.4) is 0 Å². The van der Waals surface area contributed by atoms with Gasteiger partial charge in [0.2, 0.25) is 0 Å². The van der Waals surface area contributed by atoms with Crippen LogP contribution in [0.1, 0.15) is 25.7 Å². The summed E-state index contributed by atoms with van der Waals surface area (Å²) in [4.78, 5) is 0.226. The van der Waals surface area contributed by atoms with Crippen LogP contribution in [-0.2, 0) is 9.84 Å². The monoisotopic (exact) mass is 288 g/mol. The van der Waals surface area contributed by atoms with Gasteiger partial charge in [-0.3, -0.25) is 0 Å². The van der Waals surface area contributed by atoms with E-state index in [9.17, 15) is 13.5 Å². The number of halogens is 1. The molecule has 100 valence electrons. The molecule has 1 saturated carbocycles. The first-order valence-corrected chi connectivity index (χ1v) is 8.18. The summed E-state index contributed by atoms with van der Waals surface area (Å²) < 4.78 is 24.2. The Kier molecular flexibility index (Phi) is 4.30. The summed E-state index contributed by atoms with van der Waals surface area (Å²) in [5.41, 5.74) is 0. The van der Waals surface area contributed by atoms with Crippen LogP contribution >= 0.6 is 11.6 Å². The maximum Gasteiger partial charge on any atom is 0.180 e. The van der Waals surface area contributed by atoms with Crippen molar-refractivity contribution in [1.29, 1.82) is 0 Å². The highest BCUT2D eigenvalue weighted by molar-refractivity contribution is 7.91. The molecule has 0 amide bonds. The van der Waals surface area contributed by atoms with Crippen molar-refractivity contribution in [3.8, 4) is 0 Å². The van der Waals surface area contributed by atoms with Crippen LogP contribution in [0.4, 0.5) is 0 Å². The minimum atomic E-state index is -3.42. The zero-order valence-electron chi connectivity index (χ0n) is 10.0. The summed E-state index contributed by atoms with van der Waals surface area (Å²) in [6, 6.07) is 6.07. The number of sulfone groups is 1. The first-order valence-electron chi connectivity index (χ1n) is 6.15. The highest BCUT2D eigenvalue weighted by Crippen LogP contribution is 2.29. The van der Waals surface area contributed by atoms with Gasteiger partial charge < -0.3 is 5.11 Å². The molecule has 18 heavy (non-hydrogen) atoms. The van der Waals surface area contributed by atoms with Crippen molar-refractivity contribution in [3.05, 3.63) is 29.3 Å². The molecule has 3 nitrogen and oxygen atoms in total. The fraction of sp³-hybridized carbons (Fsp3) is 0.538. The van der Waals surface area contributed by atoms with Gasteiger partial charge in [0.1, 0.15) is 0 Å². The summed E-state index contributed by atoms with van der Waals surface area (Å²) >= 11 is 5.73. The van der Waals surface area contributed by atoms with Crippen LogP contribution < -0.4 is 0 Å². The van der Waals surface area contributed by atoms with E-state index in [4.69, 9.17) is 11.6 Å². The van der Waals surface area contributed by atoms with Crippen molar-refractivity contribution in [1.82, 2.24) is 0 Å². The number of rotatable bonds is 4. The van der Waals surface area contributed by atoms with Crippen LogP contribution in [0.15, 0.2) is 29.2 Å². The Morgan fingerprint density at radius 2 is 1.78 bits per heavy atom. The van der Waals surface area contributed by atoms with E-state index in [1.807, 2.05) is 0 Å². The van der Waals surface area contributed by atoms with E-state index in [1.54, 1.807) is 12.1 Å². The average molecular weight is 289 g/mol. The summed E-state index contributed by atoms with van der Waals surface area (Å²) in [5, 5.41) is 10.5. The van der Waals surface area contributed by atoms with Crippen molar-refractivity contribution < 1.29 is 13.5 Å². The van der Waals surface area contributed by atoms with Gasteiger partial charge in [0.25, 0.3) is 0 Å². The lowest BCUT2D eigenvalue weighted by Gasteiger charge is -2.17. The number of aliphatic hydroxyl groups is 1.